The minimum absolute atomic E-state index is 0.0287. The second-order valence-corrected chi connectivity index (χ2v) is 9.32. The molecule has 3 rings (SSSR count). The molecule has 0 aliphatic carbocycles. The Kier molecular flexibility index (Phi) is 5.13. The first kappa shape index (κ1) is 16.9. The fourth-order valence-corrected chi connectivity index (χ4v) is 5.83. The number of nitrogens with one attached hydrogen (secondary N) is 1. The van der Waals surface area contributed by atoms with E-state index in [0.29, 0.717) is 14.6 Å². The molecule has 0 saturated heterocycles. The maximum atomic E-state index is 13.0. The van der Waals surface area contributed by atoms with Crippen molar-refractivity contribution < 1.29 is 13.2 Å². The van der Waals surface area contributed by atoms with E-state index in [1.165, 1.54) is 22.7 Å². The lowest BCUT2D eigenvalue weighted by atomic mass is 10.1. The van der Waals surface area contributed by atoms with Crippen molar-refractivity contribution in [2.75, 3.05) is 6.54 Å². The van der Waals surface area contributed by atoms with Gasteiger partial charge in [0.2, 0.25) is 0 Å². The molecule has 1 atom stereocenters. The van der Waals surface area contributed by atoms with Gasteiger partial charge in [0.15, 0.2) is 9.84 Å². The molecule has 3 aromatic rings. The van der Waals surface area contributed by atoms with Crippen LogP contribution in [0.1, 0.15) is 20.5 Å². The highest BCUT2D eigenvalue weighted by atomic mass is 32.2. The second-order valence-electron chi connectivity index (χ2n) is 5.06. The Morgan fingerprint density at radius 1 is 0.958 bits per heavy atom. The molecule has 1 N–H and O–H groups in total. The van der Waals surface area contributed by atoms with Crippen LogP contribution in [0, 0.1) is 0 Å². The molecule has 24 heavy (non-hydrogen) atoms. The molecule has 0 fully saturated rings. The molecule has 2 heterocycles. The van der Waals surface area contributed by atoms with E-state index >= 15 is 0 Å². The van der Waals surface area contributed by atoms with Crippen LogP contribution in [0.15, 0.2) is 69.6 Å². The van der Waals surface area contributed by atoms with Crippen LogP contribution in [-0.4, -0.2) is 20.9 Å². The fourth-order valence-electron chi connectivity index (χ4n) is 2.32. The summed E-state index contributed by atoms with van der Waals surface area (Å²) in [6.07, 6.45) is 0. The number of thiophene rings is 2. The van der Waals surface area contributed by atoms with Gasteiger partial charge in [0.25, 0.3) is 5.91 Å². The first-order valence-electron chi connectivity index (χ1n) is 7.23. The van der Waals surface area contributed by atoms with Gasteiger partial charge in [-0.15, -0.1) is 22.7 Å². The molecule has 7 heteroatoms. The van der Waals surface area contributed by atoms with Crippen molar-refractivity contribution >= 4 is 38.4 Å². The van der Waals surface area contributed by atoms with Gasteiger partial charge >= 0.3 is 0 Å². The summed E-state index contributed by atoms with van der Waals surface area (Å²) in [5.41, 5.74) is 0.664. The lowest BCUT2D eigenvalue weighted by molar-refractivity contribution is 0.0957. The molecule has 1 amide bonds. The average molecular weight is 378 g/mol. The minimum Gasteiger partial charge on any atom is -0.350 e. The summed E-state index contributed by atoms with van der Waals surface area (Å²) in [6, 6.07) is 15.8. The summed E-state index contributed by atoms with van der Waals surface area (Å²) in [5, 5.41) is 5.48. The van der Waals surface area contributed by atoms with E-state index in [9.17, 15) is 13.2 Å². The summed E-state index contributed by atoms with van der Waals surface area (Å²) in [6.45, 7) is 0.0287. The number of hydrogen-bond donors (Lipinski definition) is 1. The number of sulfone groups is 1. The van der Waals surface area contributed by atoms with E-state index < -0.39 is 15.1 Å². The molecular formula is C17H15NO3S3. The Morgan fingerprint density at radius 2 is 1.67 bits per heavy atom. The summed E-state index contributed by atoms with van der Waals surface area (Å²) in [4.78, 5) is 12.7. The highest BCUT2D eigenvalue weighted by Gasteiger charge is 2.30. The van der Waals surface area contributed by atoms with Gasteiger partial charge in [-0.3, -0.25) is 4.79 Å². The maximum absolute atomic E-state index is 13.0. The molecule has 0 spiro atoms. The van der Waals surface area contributed by atoms with Crippen LogP contribution in [0.3, 0.4) is 0 Å². The van der Waals surface area contributed by atoms with Crippen LogP contribution in [-0.2, 0) is 9.84 Å². The van der Waals surface area contributed by atoms with Gasteiger partial charge in [0, 0.05) is 6.54 Å². The van der Waals surface area contributed by atoms with Crippen LogP contribution in [0.2, 0.25) is 0 Å². The summed E-state index contributed by atoms with van der Waals surface area (Å²) in [7, 11) is -3.57. The lowest BCUT2D eigenvalue weighted by Gasteiger charge is -2.18. The SMILES string of the molecule is O=C(NC[C@H](c1ccccc1)S(=O)(=O)c1cccs1)c1cccs1. The van der Waals surface area contributed by atoms with Gasteiger partial charge in [0.1, 0.15) is 9.46 Å². The van der Waals surface area contributed by atoms with Gasteiger partial charge in [0.05, 0.1) is 4.88 Å². The molecule has 0 radical (unpaired) electrons. The van der Waals surface area contributed by atoms with Crippen molar-refractivity contribution in [3.63, 3.8) is 0 Å². The quantitative estimate of drug-likeness (QED) is 0.711. The van der Waals surface area contributed by atoms with Crippen molar-refractivity contribution in [2.24, 2.45) is 0 Å². The molecule has 124 valence electrons. The largest absolute Gasteiger partial charge is 0.350 e. The number of rotatable bonds is 6. The van der Waals surface area contributed by atoms with Gasteiger partial charge < -0.3 is 5.32 Å². The van der Waals surface area contributed by atoms with Gasteiger partial charge in [-0.25, -0.2) is 8.42 Å². The topological polar surface area (TPSA) is 63.2 Å². The number of amides is 1. The number of benzene rings is 1. The number of hydrogen-bond acceptors (Lipinski definition) is 5. The van der Waals surface area contributed by atoms with E-state index in [1.807, 2.05) is 11.4 Å². The van der Waals surface area contributed by atoms with E-state index in [4.69, 9.17) is 0 Å². The molecule has 2 aromatic heterocycles. The molecule has 4 nitrogen and oxygen atoms in total. The highest BCUT2D eigenvalue weighted by Crippen LogP contribution is 2.31. The first-order valence-corrected chi connectivity index (χ1v) is 10.5. The summed E-state index contributed by atoms with van der Waals surface area (Å²) in [5.74, 6) is -0.257. The smallest absolute Gasteiger partial charge is 0.261 e. The maximum Gasteiger partial charge on any atom is 0.261 e. The predicted octanol–water partition coefficient (Wildman–Crippen LogP) is 3.75. The molecule has 0 aliphatic heterocycles. The van der Waals surface area contributed by atoms with Gasteiger partial charge in [-0.2, -0.15) is 0 Å². The van der Waals surface area contributed by atoms with Crippen LogP contribution in [0.4, 0.5) is 0 Å². The zero-order valence-corrected chi connectivity index (χ0v) is 15.0. The van der Waals surface area contributed by atoms with E-state index in [2.05, 4.69) is 5.32 Å². The standard InChI is InChI=1S/C17H15NO3S3/c19-17(14-8-4-10-22-14)18-12-15(13-6-2-1-3-7-13)24(20,21)16-9-5-11-23-16/h1-11,15H,12H2,(H,18,19)/t15-/m1/s1. The Labute approximate surface area is 148 Å². The monoisotopic (exact) mass is 377 g/mol. The van der Waals surface area contributed by atoms with Crippen molar-refractivity contribution in [3.8, 4) is 0 Å². The highest BCUT2D eigenvalue weighted by molar-refractivity contribution is 7.93. The third-order valence-corrected chi connectivity index (χ3v) is 7.92. The Morgan fingerprint density at radius 3 is 2.29 bits per heavy atom. The molecular weight excluding hydrogens is 362 g/mol. The molecule has 0 aliphatic rings. The van der Waals surface area contributed by atoms with E-state index in [-0.39, 0.29) is 12.5 Å². The molecule has 1 aromatic carbocycles. The number of carbonyl (C=O) groups is 1. The molecule has 0 unspecified atom stereocenters. The predicted molar refractivity (Wildman–Crippen MR) is 97.3 cm³/mol. The van der Waals surface area contributed by atoms with Gasteiger partial charge in [-0.05, 0) is 28.5 Å². The van der Waals surface area contributed by atoms with Crippen molar-refractivity contribution in [1.82, 2.24) is 5.32 Å². The summed E-state index contributed by atoms with van der Waals surface area (Å²) >= 11 is 2.51. The van der Waals surface area contributed by atoms with Gasteiger partial charge in [-0.1, -0.05) is 42.5 Å². The third kappa shape index (κ3) is 3.58. The Bertz CT molecular complexity index is 886. The van der Waals surface area contributed by atoms with Crippen molar-refractivity contribution in [1.29, 1.82) is 0 Å². The zero-order valence-electron chi connectivity index (χ0n) is 12.6. The Balaban J connectivity index is 1.87. The van der Waals surface area contributed by atoms with E-state index in [1.54, 1.807) is 53.9 Å². The number of carbonyl (C=O) groups excluding carboxylic acids is 1. The Hall–Kier alpha value is -1.96. The van der Waals surface area contributed by atoms with E-state index in [0.717, 1.165) is 0 Å². The minimum atomic E-state index is -3.57. The van der Waals surface area contributed by atoms with Crippen LogP contribution in [0.5, 0.6) is 0 Å². The summed E-state index contributed by atoms with van der Waals surface area (Å²) < 4.78 is 26.2. The van der Waals surface area contributed by atoms with Crippen molar-refractivity contribution in [3.05, 3.63) is 75.8 Å². The van der Waals surface area contributed by atoms with Crippen molar-refractivity contribution in [2.45, 2.75) is 9.46 Å². The van der Waals surface area contributed by atoms with Crippen LogP contribution in [0.25, 0.3) is 0 Å². The van der Waals surface area contributed by atoms with Crippen LogP contribution < -0.4 is 5.32 Å². The average Bonchev–Trinajstić information content (AvgIpc) is 3.29. The lowest BCUT2D eigenvalue weighted by Crippen LogP contribution is -2.31. The normalized spacial score (nSPS) is 12.7. The van der Waals surface area contributed by atoms with Crippen LogP contribution >= 0.6 is 22.7 Å². The molecule has 0 saturated carbocycles. The third-order valence-electron chi connectivity index (χ3n) is 3.51. The first-order chi connectivity index (χ1) is 11.6. The molecule has 0 bridgehead atoms. The second kappa shape index (κ2) is 7.29. The zero-order chi connectivity index (χ0) is 17.0. The fraction of sp³-hybridized carbons (Fsp3) is 0.118.